The summed E-state index contributed by atoms with van der Waals surface area (Å²) < 4.78 is 5.26. The van der Waals surface area contributed by atoms with E-state index < -0.39 is 17.7 Å². The SMILES string of the molecule is CC(C)(C)OC(=O)Nc1ccc2nc(Cc3ccc(/C=C/C(=O)O)cc3)[nH]c2c1. The van der Waals surface area contributed by atoms with Crippen molar-refractivity contribution < 1.29 is 19.4 Å². The van der Waals surface area contributed by atoms with Crippen LogP contribution in [0.25, 0.3) is 17.1 Å². The first-order valence-electron chi connectivity index (χ1n) is 9.16. The number of hydrogen-bond acceptors (Lipinski definition) is 4. The molecule has 0 aliphatic rings. The van der Waals surface area contributed by atoms with E-state index in [4.69, 9.17) is 9.84 Å². The van der Waals surface area contributed by atoms with E-state index in [1.54, 1.807) is 12.1 Å². The highest BCUT2D eigenvalue weighted by molar-refractivity contribution is 5.89. The van der Waals surface area contributed by atoms with Gasteiger partial charge in [0.1, 0.15) is 11.4 Å². The second-order valence-electron chi connectivity index (χ2n) is 7.63. The van der Waals surface area contributed by atoms with E-state index in [1.807, 2.05) is 57.2 Å². The summed E-state index contributed by atoms with van der Waals surface area (Å²) in [5.74, 6) is -0.180. The molecular weight excluding hydrogens is 370 g/mol. The summed E-state index contributed by atoms with van der Waals surface area (Å²) in [6.07, 6.45) is 2.75. The van der Waals surface area contributed by atoms with Gasteiger partial charge in [0.2, 0.25) is 0 Å². The minimum atomic E-state index is -0.975. The molecule has 150 valence electrons. The van der Waals surface area contributed by atoms with Crippen molar-refractivity contribution >= 4 is 34.9 Å². The van der Waals surface area contributed by atoms with Crippen LogP contribution in [0.15, 0.2) is 48.5 Å². The molecule has 0 atom stereocenters. The molecule has 1 aromatic heterocycles. The van der Waals surface area contributed by atoms with Gasteiger partial charge < -0.3 is 14.8 Å². The number of fused-ring (bicyclic) bond motifs is 1. The van der Waals surface area contributed by atoms with E-state index in [0.29, 0.717) is 12.1 Å². The molecule has 0 aliphatic carbocycles. The predicted molar refractivity (Wildman–Crippen MR) is 112 cm³/mol. The van der Waals surface area contributed by atoms with Crippen molar-refractivity contribution in [2.24, 2.45) is 0 Å². The number of rotatable bonds is 5. The highest BCUT2D eigenvalue weighted by atomic mass is 16.6. The normalized spacial score (nSPS) is 11.7. The first-order valence-corrected chi connectivity index (χ1v) is 9.16. The zero-order chi connectivity index (χ0) is 21.0. The molecule has 0 saturated carbocycles. The molecule has 0 spiro atoms. The van der Waals surface area contributed by atoms with Crippen LogP contribution in [0.5, 0.6) is 0 Å². The molecule has 1 heterocycles. The molecule has 2 aromatic carbocycles. The maximum absolute atomic E-state index is 11.9. The third kappa shape index (κ3) is 5.93. The molecule has 3 aromatic rings. The Balaban J connectivity index is 1.70. The summed E-state index contributed by atoms with van der Waals surface area (Å²) in [4.78, 5) is 30.4. The number of carboxylic acids is 1. The number of anilines is 1. The lowest BCUT2D eigenvalue weighted by molar-refractivity contribution is -0.131. The van der Waals surface area contributed by atoms with Gasteiger partial charge >= 0.3 is 12.1 Å². The summed E-state index contributed by atoms with van der Waals surface area (Å²) in [7, 11) is 0. The molecule has 29 heavy (non-hydrogen) atoms. The smallest absolute Gasteiger partial charge is 0.412 e. The van der Waals surface area contributed by atoms with E-state index in [-0.39, 0.29) is 0 Å². The van der Waals surface area contributed by atoms with Gasteiger partial charge in [-0.3, -0.25) is 5.32 Å². The van der Waals surface area contributed by atoms with Gasteiger partial charge in [-0.25, -0.2) is 14.6 Å². The number of carboxylic acid groups (broad SMARTS) is 1. The highest BCUT2D eigenvalue weighted by Crippen LogP contribution is 2.20. The van der Waals surface area contributed by atoms with E-state index in [0.717, 1.165) is 34.1 Å². The number of aromatic nitrogens is 2. The average molecular weight is 393 g/mol. The van der Waals surface area contributed by atoms with Crippen molar-refractivity contribution in [1.29, 1.82) is 0 Å². The second kappa shape index (κ2) is 8.18. The summed E-state index contributed by atoms with van der Waals surface area (Å²) in [6.45, 7) is 5.43. The molecule has 0 radical (unpaired) electrons. The highest BCUT2D eigenvalue weighted by Gasteiger charge is 2.16. The topological polar surface area (TPSA) is 104 Å². The van der Waals surface area contributed by atoms with Crippen LogP contribution in [0.4, 0.5) is 10.5 Å². The molecule has 3 rings (SSSR count). The van der Waals surface area contributed by atoms with Crippen molar-refractivity contribution in [1.82, 2.24) is 9.97 Å². The fourth-order valence-electron chi connectivity index (χ4n) is 2.75. The van der Waals surface area contributed by atoms with Crippen molar-refractivity contribution in [2.75, 3.05) is 5.32 Å². The van der Waals surface area contributed by atoms with Crippen LogP contribution >= 0.6 is 0 Å². The Hall–Kier alpha value is -3.61. The van der Waals surface area contributed by atoms with Crippen molar-refractivity contribution in [2.45, 2.75) is 32.8 Å². The lowest BCUT2D eigenvalue weighted by Gasteiger charge is -2.19. The summed E-state index contributed by atoms with van der Waals surface area (Å²) in [5, 5.41) is 11.4. The van der Waals surface area contributed by atoms with E-state index >= 15 is 0 Å². The number of aliphatic carboxylic acids is 1. The molecule has 0 aliphatic heterocycles. The van der Waals surface area contributed by atoms with Crippen LogP contribution in [0.3, 0.4) is 0 Å². The van der Waals surface area contributed by atoms with E-state index in [9.17, 15) is 9.59 Å². The zero-order valence-electron chi connectivity index (χ0n) is 16.5. The molecule has 7 heteroatoms. The Morgan fingerprint density at radius 3 is 2.55 bits per heavy atom. The van der Waals surface area contributed by atoms with Crippen LogP contribution in [-0.4, -0.2) is 32.7 Å². The Morgan fingerprint density at radius 1 is 1.17 bits per heavy atom. The molecule has 0 unspecified atom stereocenters. The Morgan fingerprint density at radius 2 is 1.90 bits per heavy atom. The molecule has 0 saturated heterocycles. The van der Waals surface area contributed by atoms with Crippen LogP contribution < -0.4 is 5.32 Å². The molecule has 3 N–H and O–H groups in total. The van der Waals surface area contributed by atoms with Gasteiger partial charge in [-0.05, 0) is 56.2 Å². The zero-order valence-corrected chi connectivity index (χ0v) is 16.5. The Kier molecular flexibility index (Phi) is 5.68. The number of H-pyrrole nitrogens is 1. The minimum absolute atomic E-state index is 0.506. The third-order valence-electron chi connectivity index (χ3n) is 3.95. The molecule has 7 nitrogen and oxygen atoms in total. The van der Waals surface area contributed by atoms with Crippen LogP contribution in [0.1, 0.15) is 37.7 Å². The predicted octanol–water partition coefficient (Wildman–Crippen LogP) is 4.60. The summed E-state index contributed by atoms with van der Waals surface area (Å²) in [5.41, 5.74) is 3.54. The first-order chi connectivity index (χ1) is 13.7. The van der Waals surface area contributed by atoms with Gasteiger partial charge in [0, 0.05) is 18.2 Å². The van der Waals surface area contributed by atoms with Crippen LogP contribution in [-0.2, 0) is 16.0 Å². The summed E-state index contributed by atoms with van der Waals surface area (Å²) >= 11 is 0. The number of carbonyl (C=O) groups is 2. The van der Waals surface area contributed by atoms with Gasteiger partial charge in [0.15, 0.2) is 0 Å². The number of nitrogens with one attached hydrogen (secondary N) is 2. The number of amides is 1. The Bertz CT molecular complexity index is 1060. The van der Waals surface area contributed by atoms with E-state index in [2.05, 4.69) is 15.3 Å². The third-order valence-corrected chi connectivity index (χ3v) is 3.95. The van der Waals surface area contributed by atoms with Crippen molar-refractivity contribution in [3.05, 3.63) is 65.5 Å². The lowest BCUT2D eigenvalue weighted by Crippen LogP contribution is -2.27. The number of hydrogen-bond donors (Lipinski definition) is 3. The molecule has 0 fully saturated rings. The fraction of sp³-hybridized carbons (Fsp3) is 0.227. The van der Waals surface area contributed by atoms with Gasteiger partial charge in [0.25, 0.3) is 0 Å². The van der Waals surface area contributed by atoms with Crippen molar-refractivity contribution in [3.63, 3.8) is 0 Å². The number of nitrogens with zero attached hydrogens (tertiary/aromatic N) is 1. The number of imidazole rings is 1. The van der Waals surface area contributed by atoms with Gasteiger partial charge in [-0.2, -0.15) is 0 Å². The standard InChI is InChI=1S/C22H23N3O4/c1-22(2,3)29-21(28)23-16-9-10-17-18(13-16)25-19(24-17)12-15-6-4-14(5-7-15)8-11-20(26)27/h4-11,13H,12H2,1-3H3,(H,23,28)(H,24,25)(H,26,27)/b11-8+. The van der Waals surface area contributed by atoms with Gasteiger partial charge in [-0.1, -0.05) is 24.3 Å². The molecule has 0 bridgehead atoms. The number of ether oxygens (including phenoxy) is 1. The quantitative estimate of drug-likeness (QED) is 0.550. The lowest BCUT2D eigenvalue weighted by atomic mass is 10.1. The first kappa shape index (κ1) is 20.1. The van der Waals surface area contributed by atoms with E-state index in [1.165, 1.54) is 0 Å². The number of benzene rings is 2. The molecule has 1 amide bonds. The van der Waals surface area contributed by atoms with Gasteiger partial charge in [-0.15, -0.1) is 0 Å². The Labute approximate surface area is 168 Å². The average Bonchev–Trinajstić information content (AvgIpc) is 3.01. The maximum atomic E-state index is 11.9. The number of aromatic amines is 1. The number of carbonyl (C=O) groups excluding carboxylic acids is 1. The summed E-state index contributed by atoms with van der Waals surface area (Å²) in [6, 6.07) is 13.0. The van der Waals surface area contributed by atoms with Crippen LogP contribution in [0, 0.1) is 0 Å². The second-order valence-corrected chi connectivity index (χ2v) is 7.63. The monoisotopic (exact) mass is 393 g/mol. The van der Waals surface area contributed by atoms with Gasteiger partial charge in [0.05, 0.1) is 11.0 Å². The van der Waals surface area contributed by atoms with Crippen LogP contribution in [0.2, 0.25) is 0 Å². The van der Waals surface area contributed by atoms with Crippen molar-refractivity contribution in [3.8, 4) is 0 Å². The fourth-order valence-corrected chi connectivity index (χ4v) is 2.75. The minimum Gasteiger partial charge on any atom is -0.478 e. The maximum Gasteiger partial charge on any atom is 0.412 e. The largest absolute Gasteiger partial charge is 0.478 e. The molecular formula is C22H23N3O4.